The van der Waals surface area contributed by atoms with Gasteiger partial charge >= 0.3 is 0 Å². The van der Waals surface area contributed by atoms with Crippen LogP contribution in [0.2, 0.25) is 0 Å². The molecule has 10 rings (SSSR count). The minimum Gasteiger partial charge on any atom is -0.439 e. The van der Waals surface area contributed by atoms with Crippen molar-refractivity contribution in [3.05, 3.63) is 170 Å². The summed E-state index contributed by atoms with van der Waals surface area (Å²) in [6, 6.07) is 60.6. The molecular weight excluding hydrogens is 572 g/mol. The van der Waals surface area contributed by atoms with Crippen molar-refractivity contribution in [2.45, 2.75) is 0 Å². The largest absolute Gasteiger partial charge is 0.439 e. The number of hydrogen-bond acceptors (Lipinski definition) is 1. The van der Waals surface area contributed by atoms with Crippen LogP contribution in [0.15, 0.2) is 174 Å². The molecule has 47 heavy (non-hydrogen) atoms. The summed E-state index contributed by atoms with van der Waals surface area (Å²) in [5, 5.41) is 5.99. The molecular formula is C44H28N2O. The van der Waals surface area contributed by atoms with Crippen LogP contribution in [0.5, 0.6) is 0 Å². The fraction of sp³-hybridized carbons (Fsp3) is 0. The predicted octanol–water partition coefficient (Wildman–Crippen LogP) is 12.0. The van der Waals surface area contributed by atoms with Gasteiger partial charge in [-0.25, -0.2) is 0 Å². The van der Waals surface area contributed by atoms with Crippen molar-refractivity contribution < 1.29 is 4.42 Å². The van der Waals surface area contributed by atoms with Gasteiger partial charge in [0.15, 0.2) is 0 Å². The third kappa shape index (κ3) is 3.81. The lowest BCUT2D eigenvalue weighted by Crippen LogP contribution is -1.97. The highest BCUT2D eigenvalue weighted by molar-refractivity contribution is 6.24. The molecule has 220 valence electrons. The van der Waals surface area contributed by atoms with E-state index >= 15 is 0 Å². The molecule has 0 aliphatic carbocycles. The second-order valence-corrected chi connectivity index (χ2v) is 12.1. The van der Waals surface area contributed by atoms with Crippen molar-refractivity contribution in [1.82, 2.24) is 9.13 Å². The zero-order valence-corrected chi connectivity index (χ0v) is 25.5. The van der Waals surface area contributed by atoms with Crippen LogP contribution in [0.1, 0.15) is 0 Å². The number of hydrogen-bond donors (Lipinski definition) is 0. The summed E-state index contributed by atoms with van der Waals surface area (Å²) in [7, 11) is 0. The number of aromatic nitrogens is 2. The Bertz CT molecular complexity index is 2740. The van der Waals surface area contributed by atoms with E-state index in [-0.39, 0.29) is 0 Å². The van der Waals surface area contributed by atoms with Gasteiger partial charge in [0, 0.05) is 32.8 Å². The highest BCUT2D eigenvalue weighted by Crippen LogP contribution is 2.44. The molecule has 3 heterocycles. The van der Waals surface area contributed by atoms with Crippen molar-refractivity contribution >= 4 is 54.8 Å². The van der Waals surface area contributed by atoms with Crippen LogP contribution in [-0.2, 0) is 0 Å². The van der Waals surface area contributed by atoms with Crippen molar-refractivity contribution in [2.24, 2.45) is 0 Å². The third-order valence-electron chi connectivity index (χ3n) is 9.54. The molecule has 3 aromatic heterocycles. The fourth-order valence-electron chi connectivity index (χ4n) is 7.55. The lowest BCUT2D eigenvalue weighted by Gasteiger charge is -2.15. The summed E-state index contributed by atoms with van der Waals surface area (Å²) in [5.41, 5.74) is 12.3. The maximum Gasteiger partial charge on any atom is 0.213 e. The Morgan fingerprint density at radius 3 is 1.74 bits per heavy atom. The van der Waals surface area contributed by atoms with E-state index in [1.165, 1.54) is 55.1 Å². The average molecular weight is 601 g/mol. The minimum atomic E-state index is 0.868. The Morgan fingerprint density at radius 1 is 0.383 bits per heavy atom. The van der Waals surface area contributed by atoms with Crippen LogP contribution in [0, 0.1) is 0 Å². The summed E-state index contributed by atoms with van der Waals surface area (Å²) in [6.45, 7) is 0. The van der Waals surface area contributed by atoms with Crippen LogP contribution in [-0.4, -0.2) is 9.13 Å². The number of rotatable bonds is 4. The molecule has 3 nitrogen and oxygen atoms in total. The van der Waals surface area contributed by atoms with Crippen LogP contribution < -0.4 is 0 Å². The summed E-state index contributed by atoms with van der Waals surface area (Å²) in [4.78, 5) is 0. The zero-order valence-electron chi connectivity index (χ0n) is 25.5. The van der Waals surface area contributed by atoms with Gasteiger partial charge < -0.3 is 8.98 Å². The Kier molecular flexibility index (Phi) is 5.57. The minimum absolute atomic E-state index is 0.868. The lowest BCUT2D eigenvalue weighted by molar-refractivity contribution is 0.645. The van der Waals surface area contributed by atoms with Crippen LogP contribution >= 0.6 is 0 Å². The smallest absolute Gasteiger partial charge is 0.213 e. The average Bonchev–Trinajstić information content (AvgIpc) is 3.79. The van der Waals surface area contributed by atoms with Crippen molar-refractivity contribution in [3.8, 4) is 33.6 Å². The maximum absolute atomic E-state index is 6.59. The number of benzene rings is 7. The summed E-state index contributed by atoms with van der Waals surface area (Å²) < 4.78 is 11.3. The highest BCUT2D eigenvalue weighted by atomic mass is 16.3. The number of furan rings is 1. The maximum atomic E-state index is 6.59. The highest BCUT2D eigenvalue weighted by Gasteiger charge is 2.22. The molecule has 0 aliphatic rings. The SMILES string of the molecule is c1ccc(-n2c3cccc(-c4cccc(-c5ccccc5-n5c6ccccc6c6ccccc65)c4)c3c3c4ccccc4oc32)cc1. The molecule has 0 N–H and O–H groups in total. The van der Waals surface area contributed by atoms with E-state index in [1.54, 1.807) is 0 Å². The van der Waals surface area contributed by atoms with Gasteiger partial charge in [-0.2, -0.15) is 0 Å². The molecule has 0 radical (unpaired) electrons. The molecule has 0 bridgehead atoms. The molecule has 7 aromatic carbocycles. The normalized spacial score (nSPS) is 11.8. The monoisotopic (exact) mass is 600 g/mol. The molecule has 0 spiro atoms. The molecule has 0 unspecified atom stereocenters. The molecule has 10 aromatic rings. The second-order valence-electron chi connectivity index (χ2n) is 12.1. The van der Waals surface area contributed by atoms with Gasteiger partial charge in [-0.15, -0.1) is 0 Å². The van der Waals surface area contributed by atoms with Gasteiger partial charge in [-0.1, -0.05) is 121 Å². The van der Waals surface area contributed by atoms with Crippen molar-refractivity contribution in [1.29, 1.82) is 0 Å². The number of nitrogens with zero attached hydrogens (tertiary/aromatic N) is 2. The first-order valence-corrected chi connectivity index (χ1v) is 16.0. The first-order chi connectivity index (χ1) is 23.3. The molecule has 0 fully saturated rings. The summed E-state index contributed by atoms with van der Waals surface area (Å²) >= 11 is 0. The Labute approximate surface area is 271 Å². The van der Waals surface area contributed by atoms with Crippen LogP contribution in [0.4, 0.5) is 0 Å². The molecule has 3 heteroatoms. The van der Waals surface area contributed by atoms with E-state index < -0.39 is 0 Å². The third-order valence-corrected chi connectivity index (χ3v) is 9.54. The summed E-state index contributed by atoms with van der Waals surface area (Å²) in [5.74, 6) is 0. The van der Waals surface area contributed by atoms with E-state index in [4.69, 9.17) is 4.42 Å². The Balaban J connectivity index is 1.23. The second kappa shape index (κ2) is 10.1. The molecule has 0 amide bonds. The molecule has 0 saturated carbocycles. The topological polar surface area (TPSA) is 23.0 Å². The van der Waals surface area contributed by atoms with E-state index in [0.29, 0.717) is 0 Å². The van der Waals surface area contributed by atoms with Gasteiger partial charge in [0.2, 0.25) is 5.71 Å². The van der Waals surface area contributed by atoms with E-state index in [1.807, 2.05) is 6.07 Å². The predicted molar refractivity (Wildman–Crippen MR) is 196 cm³/mol. The zero-order chi connectivity index (χ0) is 30.9. The Morgan fingerprint density at radius 2 is 0.957 bits per heavy atom. The van der Waals surface area contributed by atoms with E-state index in [0.717, 1.165) is 33.3 Å². The van der Waals surface area contributed by atoms with Crippen LogP contribution in [0.3, 0.4) is 0 Å². The van der Waals surface area contributed by atoms with Gasteiger partial charge in [0.05, 0.1) is 27.6 Å². The van der Waals surface area contributed by atoms with Gasteiger partial charge in [-0.05, 0) is 65.2 Å². The standard InChI is InChI=1S/C44H28N2O/c1-2-16-31(17-3-1)45-40-26-13-22-33(42(40)43-36-21-7-11-27-41(36)47-44(43)45)30-15-12-14-29(28-30)32-18-4-8-23-37(32)46-38-24-9-5-19-34(38)35-20-6-10-25-39(35)46/h1-28H. The quantitative estimate of drug-likeness (QED) is 0.197. The molecule has 0 aliphatic heterocycles. The molecule has 0 saturated heterocycles. The summed E-state index contributed by atoms with van der Waals surface area (Å²) in [6.07, 6.45) is 0. The van der Waals surface area contributed by atoms with E-state index in [2.05, 4.69) is 173 Å². The van der Waals surface area contributed by atoms with Gasteiger partial charge in [0.1, 0.15) is 5.58 Å². The lowest BCUT2D eigenvalue weighted by atomic mass is 9.95. The number of para-hydroxylation sites is 5. The van der Waals surface area contributed by atoms with Crippen molar-refractivity contribution in [2.75, 3.05) is 0 Å². The first kappa shape index (κ1) is 26.0. The van der Waals surface area contributed by atoms with Crippen LogP contribution in [0.25, 0.3) is 88.4 Å². The van der Waals surface area contributed by atoms with E-state index in [9.17, 15) is 0 Å². The number of fused-ring (bicyclic) bond motifs is 8. The fourth-order valence-corrected chi connectivity index (χ4v) is 7.55. The van der Waals surface area contributed by atoms with Gasteiger partial charge in [0.25, 0.3) is 0 Å². The van der Waals surface area contributed by atoms with Gasteiger partial charge in [-0.3, -0.25) is 4.57 Å². The first-order valence-electron chi connectivity index (χ1n) is 16.0. The van der Waals surface area contributed by atoms with Crippen molar-refractivity contribution in [3.63, 3.8) is 0 Å². The Hall–Kier alpha value is -6.32. The molecule has 0 atom stereocenters.